The molecule has 2 aromatic heterocycles. The number of pyridine rings is 2. The lowest BCUT2D eigenvalue weighted by atomic mass is 9.75. The summed E-state index contributed by atoms with van der Waals surface area (Å²) in [7, 11) is 1.54. The van der Waals surface area contributed by atoms with E-state index in [0.717, 1.165) is 5.56 Å². The van der Waals surface area contributed by atoms with Gasteiger partial charge in [0.1, 0.15) is 0 Å². The summed E-state index contributed by atoms with van der Waals surface area (Å²) in [6.07, 6.45) is 2.53. The number of ether oxygens (including phenoxy) is 1. The number of rotatable bonds is 5. The number of H-pyrrole nitrogens is 1. The van der Waals surface area contributed by atoms with Gasteiger partial charge in [-0.05, 0) is 30.4 Å². The average molecular weight is 379 g/mol. The van der Waals surface area contributed by atoms with Crippen LogP contribution in [0.1, 0.15) is 34.8 Å². The second-order valence-corrected chi connectivity index (χ2v) is 7.06. The molecule has 28 heavy (non-hydrogen) atoms. The molecule has 1 fully saturated rings. The first-order valence-electron chi connectivity index (χ1n) is 9.16. The zero-order valence-corrected chi connectivity index (χ0v) is 15.4. The highest BCUT2D eigenvalue weighted by atomic mass is 16.5. The van der Waals surface area contributed by atoms with E-state index in [0.29, 0.717) is 35.2 Å². The molecule has 0 aliphatic heterocycles. The summed E-state index contributed by atoms with van der Waals surface area (Å²) in [5.74, 6) is 0.259. The lowest BCUT2D eigenvalue weighted by Crippen LogP contribution is -2.41. The van der Waals surface area contributed by atoms with Gasteiger partial charge >= 0.3 is 0 Å². The van der Waals surface area contributed by atoms with E-state index in [1.165, 1.54) is 6.07 Å². The first kappa shape index (κ1) is 18.2. The molecule has 7 nitrogen and oxygen atoms in total. The number of hydrogen-bond acceptors (Lipinski definition) is 5. The highest BCUT2D eigenvalue weighted by Gasteiger charge is 2.36. The van der Waals surface area contributed by atoms with Crippen LogP contribution in [-0.2, 0) is 0 Å². The largest absolute Gasteiger partial charge is 0.481 e. The molecular formula is C21H21N3O4. The number of nitrogens with one attached hydrogen (secondary N) is 2. The average Bonchev–Trinajstić information content (AvgIpc) is 2.69. The number of amides is 1. The van der Waals surface area contributed by atoms with Gasteiger partial charge < -0.3 is 20.1 Å². The molecule has 1 aliphatic carbocycles. The van der Waals surface area contributed by atoms with Crippen molar-refractivity contribution in [1.29, 1.82) is 0 Å². The molecule has 3 aromatic rings. The van der Waals surface area contributed by atoms with E-state index in [2.05, 4.69) is 15.3 Å². The monoisotopic (exact) mass is 379 g/mol. The van der Waals surface area contributed by atoms with Gasteiger partial charge in [-0.1, -0.05) is 24.3 Å². The van der Waals surface area contributed by atoms with Gasteiger partial charge in [-0.2, -0.15) is 0 Å². The van der Waals surface area contributed by atoms with Crippen LogP contribution in [0.15, 0.2) is 53.5 Å². The number of aliphatic hydroxyl groups is 1. The lowest BCUT2D eigenvalue weighted by Gasteiger charge is -2.38. The summed E-state index contributed by atoms with van der Waals surface area (Å²) in [6.45, 7) is 0. The third-order valence-corrected chi connectivity index (χ3v) is 5.23. The number of para-hydroxylation sites is 1. The molecule has 0 radical (unpaired) electrons. The van der Waals surface area contributed by atoms with E-state index >= 15 is 0 Å². The lowest BCUT2D eigenvalue weighted by molar-refractivity contribution is 0.0235. The highest BCUT2D eigenvalue weighted by molar-refractivity contribution is 6.06. The smallest absolute Gasteiger partial charge is 0.252 e. The molecule has 1 aliphatic rings. The van der Waals surface area contributed by atoms with Gasteiger partial charge in [0.2, 0.25) is 11.4 Å². The molecule has 144 valence electrons. The minimum Gasteiger partial charge on any atom is -0.481 e. The molecule has 4 rings (SSSR count). The summed E-state index contributed by atoms with van der Waals surface area (Å²) >= 11 is 0. The molecule has 7 heteroatoms. The summed E-state index contributed by atoms with van der Waals surface area (Å²) in [5, 5.41) is 13.5. The maximum atomic E-state index is 13.1. The normalized spacial score (nSPS) is 19.6. The molecule has 0 bridgehead atoms. The molecule has 1 amide bonds. The Morgan fingerprint density at radius 3 is 2.75 bits per heavy atom. The van der Waals surface area contributed by atoms with Gasteiger partial charge in [-0.25, -0.2) is 4.98 Å². The molecule has 0 unspecified atom stereocenters. The Hall–Kier alpha value is -3.19. The van der Waals surface area contributed by atoms with Crippen LogP contribution in [-0.4, -0.2) is 34.2 Å². The first-order chi connectivity index (χ1) is 13.5. The van der Waals surface area contributed by atoms with Crippen molar-refractivity contribution in [3.8, 4) is 5.88 Å². The Morgan fingerprint density at radius 2 is 2.07 bits per heavy atom. The molecular weight excluding hydrogens is 358 g/mol. The summed E-state index contributed by atoms with van der Waals surface area (Å²) in [5.41, 5.74) is 1.44. The number of nitrogens with zero attached hydrogens (tertiary/aromatic N) is 1. The second-order valence-electron chi connectivity index (χ2n) is 7.06. The van der Waals surface area contributed by atoms with Gasteiger partial charge in [0, 0.05) is 29.2 Å². The Bertz CT molecular complexity index is 1060. The number of benzene rings is 1. The van der Waals surface area contributed by atoms with Crippen LogP contribution in [0.3, 0.4) is 0 Å². The molecule has 2 heterocycles. The Balaban J connectivity index is 1.67. The van der Waals surface area contributed by atoms with E-state index in [9.17, 15) is 14.7 Å². The van der Waals surface area contributed by atoms with Crippen LogP contribution in [0.4, 0.5) is 0 Å². The van der Waals surface area contributed by atoms with Crippen molar-refractivity contribution >= 4 is 16.8 Å². The van der Waals surface area contributed by atoms with Crippen LogP contribution < -0.4 is 15.6 Å². The summed E-state index contributed by atoms with van der Waals surface area (Å²) in [4.78, 5) is 32.0. The maximum absolute atomic E-state index is 13.1. The summed E-state index contributed by atoms with van der Waals surface area (Å²) in [6, 6.07) is 11.8. The van der Waals surface area contributed by atoms with Crippen molar-refractivity contribution in [2.45, 2.75) is 25.0 Å². The van der Waals surface area contributed by atoms with E-state index < -0.39 is 0 Å². The van der Waals surface area contributed by atoms with Crippen LogP contribution in [0, 0.1) is 5.92 Å². The number of aliphatic hydroxyl groups excluding tert-OH is 1. The topological polar surface area (TPSA) is 104 Å². The number of carbonyl (C=O) groups is 1. The second kappa shape index (κ2) is 7.44. The van der Waals surface area contributed by atoms with E-state index in [1.807, 2.05) is 18.2 Å². The zero-order chi connectivity index (χ0) is 19.7. The van der Waals surface area contributed by atoms with Crippen molar-refractivity contribution < 1.29 is 14.6 Å². The molecule has 0 saturated heterocycles. The molecule has 1 atom stereocenters. The fraction of sp³-hybridized carbons (Fsp3) is 0.286. The fourth-order valence-corrected chi connectivity index (χ4v) is 3.68. The molecule has 0 spiro atoms. The molecule has 1 saturated carbocycles. The van der Waals surface area contributed by atoms with Gasteiger partial charge in [-0.3, -0.25) is 9.59 Å². The minimum absolute atomic E-state index is 0.0994. The number of hydrogen-bond donors (Lipinski definition) is 3. The number of carbonyl (C=O) groups excluding carboxylic acids is 1. The van der Waals surface area contributed by atoms with Crippen molar-refractivity contribution in [2.75, 3.05) is 7.11 Å². The van der Waals surface area contributed by atoms with Crippen molar-refractivity contribution in [2.24, 2.45) is 5.92 Å². The van der Waals surface area contributed by atoms with Crippen molar-refractivity contribution in [3.05, 3.63) is 70.1 Å². The third kappa shape index (κ3) is 3.48. The molecule has 1 aromatic carbocycles. The quantitative estimate of drug-likeness (QED) is 0.630. The predicted molar refractivity (Wildman–Crippen MR) is 104 cm³/mol. The van der Waals surface area contributed by atoms with E-state index in [4.69, 9.17) is 4.74 Å². The SMILES string of the molecule is COc1ccc([C@@H](NC(=O)c2cc(=O)[nH]c3ccccc23)C2CC(O)C2)cn1. The standard InChI is InChI=1S/C21H21N3O4/c1-28-19-7-6-12(11-22-19)20(13-8-14(25)9-13)24-21(27)16-10-18(26)23-17-5-3-2-4-15(16)17/h2-7,10-11,13-14,20,25H,8-9H2,1H3,(H,23,26)(H,24,27)/t13?,14?,20-/m1/s1. The molecule has 3 N–H and O–H groups in total. The van der Waals surface area contributed by atoms with Crippen LogP contribution in [0.5, 0.6) is 5.88 Å². The zero-order valence-electron chi connectivity index (χ0n) is 15.4. The van der Waals surface area contributed by atoms with Gasteiger partial charge in [-0.15, -0.1) is 0 Å². The Kier molecular flexibility index (Phi) is 4.83. The summed E-state index contributed by atoms with van der Waals surface area (Å²) < 4.78 is 5.10. The number of fused-ring (bicyclic) bond motifs is 1. The van der Waals surface area contributed by atoms with Gasteiger partial charge in [0.05, 0.1) is 24.8 Å². The first-order valence-corrected chi connectivity index (χ1v) is 9.16. The Morgan fingerprint density at radius 1 is 1.29 bits per heavy atom. The van der Waals surface area contributed by atoms with Crippen molar-refractivity contribution in [1.82, 2.24) is 15.3 Å². The highest BCUT2D eigenvalue weighted by Crippen LogP contribution is 2.38. The minimum atomic E-state index is -0.351. The van der Waals surface area contributed by atoms with Crippen LogP contribution in [0.25, 0.3) is 10.9 Å². The van der Waals surface area contributed by atoms with Gasteiger partial charge in [0.25, 0.3) is 5.91 Å². The maximum Gasteiger partial charge on any atom is 0.252 e. The fourth-order valence-electron chi connectivity index (χ4n) is 3.68. The van der Waals surface area contributed by atoms with Crippen LogP contribution >= 0.6 is 0 Å². The number of methoxy groups -OCH3 is 1. The number of aromatic amines is 1. The van der Waals surface area contributed by atoms with E-state index in [-0.39, 0.29) is 29.5 Å². The third-order valence-electron chi connectivity index (χ3n) is 5.23. The Labute approximate surface area is 161 Å². The van der Waals surface area contributed by atoms with Crippen LogP contribution in [0.2, 0.25) is 0 Å². The van der Waals surface area contributed by atoms with Gasteiger partial charge in [0.15, 0.2) is 0 Å². The number of aromatic nitrogens is 2. The van der Waals surface area contributed by atoms with Crippen molar-refractivity contribution in [3.63, 3.8) is 0 Å². The predicted octanol–water partition coefficient (Wildman–Crippen LogP) is 2.17. The van der Waals surface area contributed by atoms with E-state index in [1.54, 1.807) is 31.5 Å².